The molecule has 5 N–H and O–H groups in total. The number of hydrogen-bond acceptors (Lipinski definition) is 4. The molecule has 0 aliphatic carbocycles. The van der Waals surface area contributed by atoms with Crippen LogP contribution in [0.25, 0.3) is 0 Å². The van der Waals surface area contributed by atoms with Gasteiger partial charge in [-0.3, -0.25) is 0 Å². The maximum Gasteiger partial charge on any atom is -0.00368 e. The Morgan fingerprint density at radius 1 is 0.423 bits per heavy atom. The van der Waals surface area contributed by atoms with Crippen molar-refractivity contribution in [3.63, 3.8) is 0 Å². The molecule has 4 heteroatoms. The molecular weight excluding hydrogens is 320 g/mol. The molecule has 0 aromatic rings. The van der Waals surface area contributed by atoms with Gasteiger partial charge in [0.25, 0.3) is 0 Å². The Balaban J connectivity index is 2.95. The largest absolute Gasteiger partial charge is 0.330 e. The van der Waals surface area contributed by atoms with E-state index in [9.17, 15) is 0 Å². The van der Waals surface area contributed by atoms with Crippen LogP contribution in [0.15, 0.2) is 0 Å². The monoisotopic (exact) mass is 370 g/mol. The highest BCUT2D eigenvalue weighted by atomic mass is 14.9. The summed E-state index contributed by atoms with van der Waals surface area (Å²) in [4.78, 5) is 0. The molecule has 0 saturated heterocycles. The van der Waals surface area contributed by atoms with Crippen LogP contribution in [0.5, 0.6) is 0 Å². The van der Waals surface area contributed by atoms with Gasteiger partial charge < -0.3 is 21.7 Å². The Kier molecular flexibility index (Phi) is 24.7. The quantitative estimate of drug-likeness (QED) is 0.204. The minimum atomic E-state index is 0.793. The fourth-order valence-electron chi connectivity index (χ4n) is 3.18. The summed E-state index contributed by atoms with van der Waals surface area (Å²) in [5.41, 5.74) is 5.46. The van der Waals surface area contributed by atoms with Crippen LogP contribution in [0, 0.1) is 0 Å². The zero-order valence-corrected chi connectivity index (χ0v) is 17.9. The molecule has 0 fully saturated rings. The molecule has 0 rings (SSSR count). The van der Waals surface area contributed by atoms with E-state index in [1.807, 2.05) is 0 Å². The summed E-state index contributed by atoms with van der Waals surface area (Å²) in [7, 11) is 0. The minimum absolute atomic E-state index is 0.793. The van der Waals surface area contributed by atoms with Gasteiger partial charge in [0.1, 0.15) is 0 Å². The summed E-state index contributed by atoms with van der Waals surface area (Å²) in [6, 6.07) is 0. The van der Waals surface area contributed by atoms with Gasteiger partial charge in [0.2, 0.25) is 0 Å². The predicted molar refractivity (Wildman–Crippen MR) is 118 cm³/mol. The van der Waals surface area contributed by atoms with Crippen LogP contribution in [-0.4, -0.2) is 45.8 Å². The standard InChI is InChI=1S/C22H50N4/c1-2-3-4-5-6-7-8-9-10-11-17-25-21-15-22-26-19-13-12-18-24-20-14-16-23/h24-26H,2-23H2,1H3. The van der Waals surface area contributed by atoms with E-state index >= 15 is 0 Å². The summed E-state index contributed by atoms with van der Waals surface area (Å²) in [6.45, 7) is 9.92. The number of rotatable bonds is 23. The molecule has 0 aromatic heterocycles. The van der Waals surface area contributed by atoms with Crippen LogP contribution in [0.2, 0.25) is 0 Å². The van der Waals surface area contributed by atoms with Gasteiger partial charge in [-0.05, 0) is 77.9 Å². The van der Waals surface area contributed by atoms with Crippen LogP contribution in [-0.2, 0) is 0 Å². The van der Waals surface area contributed by atoms with Crippen molar-refractivity contribution in [3.8, 4) is 0 Å². The third-order valence-corrected chi connectivity index (χ3v) is 4.93. The van der Waals surface area contributed by atoms with Gasteiger partial charge >= 0.3 is 0 Å². The SMILES string of the molecule is CCCCCCCCCCCCNCCCNCCCCNCCCN. The molecule has 0 aromatic carbocycles. The number of hydrogen-bond donors (Lipinski definition) is 4. The van der Waals surface area contributed by atoms with Crippen molar-refractivity contribution in [2.24, 2.45) is 5.73 Å². The molecule has 158 valence electrons. The zero-order chi connectivity index (χ0) is 19.0. The molecule has 0 bridgehead atoms. The zero-order valence-electron chi connectivity index (χ0n) is 17.9. The van der Waals surface area contributed by atoms with Crippen molar-refractivity contribution in [1.29, 1.82) is 0 Å². The lowest BCUT2D eigenvalue weighted by molar-refractivity contribution is 0.531. The van der Waals surface area contributed by atoms with Gasteiger partial charge in [-0.15, -0.1) is 0 Å². The van der Waals surface area contributed by atoms with Crippen molar-refractivity contribution in [3.05, 3.63) is 0 Å². The second-order valence-electron chi connectivity index (χ2n) is 7.63. The molecule has 4 nitrogen and oxygen atoms in total. The summed E-state index contributed by atoms with van der Waals surface area (Å²) < 4.78 is 0. The molecule has 0 saturated carbocycles. The first kappa shape index (κ1) is 25.8. The lowest BCUT2D eigenvalue weighted by atomic mass is 10.1. The van der Waals surface area contributed by atoms with E-state index in [2.05, 4.69) is 22.9 Å². The second-order valence-corrected chi connectivity index (χ2v) is 7.63. The first-order valence-electron chi connectivity index (χ1n) is 11.7. The van der Waals surface area contributed by atoms with E-state index in [4.69, 9.17) is 5.73 Å². The van der Waals surface area contributed by atoms with Gasteiger partial charge in [0, 0.05) is 0 Å². The molecule has 0 atom stereocenters. The Morgan fingerprint density at radius 3 is 1.23 bits per heavy atom. The average Bonchev–Trinajstić information content (AvgIpc) is 2.66. The first-order valence-corrected chi connectivity index (χ1v) is 11.7. The highest BCUT2D eigenvalue weighted by molar-refractivity contribution is 4.55. The predicted octanol–water partition coefficient (Wildman–Crippen LogP) is 4.20. The lowest BCUT2D eigenvalue weighted by Crippen LogP contribution is -2.24. The van der Waals surface area contributed by atoms with Gasteiger partial charge in [-0.2, -0.15) is 0 Å². The van der Waals surface area contributed by atoms with Crippen molar-refractivity contribution in [2.45, 2.75) is 96.8 Å². The topological polar surface area (TPSA) is 62.1 Å². The molecule has 0 heterocycles. The summed E-state index contributed by atoms with van der Waals surface area (Å²) >= 11 is 0. The van der Waals surface area contributed by atoms with E-state index in [0.717, 1.165) is 45.7 Å². The number of nitrogens with two attached hydrogens (primary N) is 1. The smallest absolute Gasteiger partial charge is 0.00368 e. The van der Waals surface area contributed by atoms with E-state index in [1.54, 1.807) is 0 Å². The van der Waals surface area contributed by atoms with Crippen molar-refractivity contribution in [2.75, 3.05) is 45.8 Å². The molecule has 0 radical (unpaired) electrons. The number of nitrogens with one attached hydrogen (secondary N) is 3. The molecule has 0 unspecified atom stereocenters. The Labute approximate surface area is 164 Å². The van der Waals surface area contributed by atoms with Crippen molar-refractivity contribution >= 4 is 0 Å². The third-order valence-electron chi connectivity index (χ3n) is 4.93. The molecule has 0 aliphatic heterocycles. The van der Waals surface area contributed by atoms with Crippen LogP contribution >= 0.6 is 0 Å². The Hall–Kier alpha value is -0.160. The highest BCUT2D eigenvalue weighted by Gasteiger charge is 1.94. The second kappa shape index (κ2) is 24.8. The van der Waals surface area contributed by atoms with Gasteiger partial charge in [-0.1, -0.05) is 64.7 Å². The van der Waals surface area contributed by atoms with E-state index in [-0.39, 0.29) is 0 Å². The molecule has 0 amide bonds. The number of unbranched alkanes of at least 4 members (excludes halogenated alkanes) is 10. The fraction of sp³-hybridized carbons (Fsp3) is 1.00. The summed E-state index contributed by atoms with van der Waals surface area (Å²) in [5.74, 6) is 0. The van der Waals surface area contributed by atoms with Gasteiger partial charge in [0.05, 0.1) is 0 Å². The van der Waals surface area contributed by atoms with Crippen LogP contribution < -0.4 is 21.7 Å². The van der Waals surface area contributed by atoms with Crippen LogP contribution in [0.1, 0.15) is 96.8 Å². The van der Waals surface area contributed by atoms with Crippen LogP contribution in [0.3, 0.4) is 0 Å². The minimum Gasteiger partial charge on any atom is -0.330 e. The average molecular weight is 371 g/mol. The maximum absolute atomic E-state index is 5.46. The molecule has 0 aliphatic rings. The van der Waals surface area contributed by atoms with E-state index < -0.39 is 0 Å². The Bertz CT molecular complexity index is 212. The lowest BCUT2D eigenvalue weighted by Gasteiger charge is -2.07. The van der Waals surface area contributed by atoms with Crippen molar-refractivity contribution < 1.29 is 0 Å². The van der Waals surface area contributed by atoms with Crippen LogP contribution in [0.4, 0.5) is 0 Å². The first-order chi connectivity index (χ1) is 12.9. The van der Waals surface area contributed by atoms with E-state index in [0.29, 0.717) is 0 Å². The highest BCUT2D eigenvalue weighted by Crippen LogP contribution is 2.10. The Morgan fingerprint density at radius 2 is 0.769 bits per heavy atom. The third kappa shape index (κ3) is 23.8. The summed E-state index contributed by atoms with van der Waals surface area (Å²) in [5, 5.41) is 10.5. The normalized spacial score (nSPS) is 11.3. The fourth-order valence-corrected chi connectivity index (χ4v) is 3.18. The van der Waals surface area contributed by atoms with Gasteiger partial charge in [-0.25, -0.2) is 0 Å². The molecule has 26 heavy (non-hydrogen) atoms. The van der Waals surface area contributed by atoms with E-state index in [1.165, 1.54) is 90.0 Å². The summed E-state index contributed by atoms with van der Waals surface area (Å²) in [6.07, 6.45) is 19.1. The van der Waals surface area contributed by atoms with Crippen molar-refractivity contribution in [1.82, 2.24) is 16.0 Å². The molecule has 0 spiro atoms. The van der Waals surface area contributed by atoms with Gasteiger partial charge in [0.15, 0.2) is 0 Å². The maximum atomic E-state index is 5.46. The molecular formula is C22H50N4.